The van der Waals surface area contributed by atoms with E-state index in [1.54, 1.807) is 6.92 Å². The highest BCUT2D eigenvalue weighted by molar-refractivity contribution is 4.96. The summed E-state index contributed by atoms with van der Waals surface area (Å²) in [5.41, 5.74) is -0.884. The summed E-state index contributed by atoms with van der Waals surface area (Å²) in [5, 5.41) is 0. The van der Waals surface area contributed by atoms with Gasteiger partial charge in [-0.25, -0.2) is 4.39 Å². The van der Waals surface area contributed by atoms with Gasteiger partial charge in [-0.1, -0.05) is 0 Å². The molecule has 2 aliphatic heterocycles. The van der Waals surface area contributed by atoms with Gasteiger partial charge in [-0.05, 0) is 32.7 Å². The number of nitrogens with zero attached hydrogens (tertiary/aromatic N) is 1. The van der Waals surface area contributed by atoms with Crippen LogP contribution in [-0.2, 0) is 0 Å². The van der Waals surface area contributed by atoms with Gasteiger partial charge in [0, 0.05) is 12.6 Å². The van der Waals surface area contributed by atoms with Crippen LogP contribution in [-0.4, -0.2) is 29.7 Å². The van der Waals surface area contributed by atoms with E-state index in [2.05, 4.69) is 4.90 Å². The van der Waals surface area contributed by atoms with Crippen LogP contribution in [0.15, 0.2) is 0 Å². The summed E-state index contributed by atoms with van der Waals surface area (Å²) < 4.78 is 13.3. The fourth-order valence-electron chi connectivity index (χ4n) is 2.31. The molecule has 0 N–H and O–H groups in total. The van der Waals surface area contributed by atoms with Gasteiger partial charge in [-0.15, -0.1) is 0 Å². The fourth-order valence-corrected chi connectivity index (χ4v) is 2.31. The first kappa shape index (κ1) is 6.59. The molecule has 0 saturated carbocycles. The van der Waals surface area contributed by atoms with Crippen LogP contribution in [0.1, 0.15) is 26.2 Å². The zero-order valence-corrected chi connectivity index (χ0v) is 6.44. The van der Waals surface area contributed by atoms with Gasteiger partial charge in [0.25, 0.3) is 0 Å². The summed E-state index contributed by atoms with van der Waals surface area (Å²) in [6.07, 6.45) is 3.27. The van der Waals surface area contributed by atoms with E-state index < -0.39 is 5.67 Å². The molecule has 1 nitrogen and oxygen atoms in total. The largest absolute Gasteiger partial charge is 0.297 e. The van der Waals surface area contributed by atoms with Gasteiger partial charge in [0.1, 0.15) is 5.67 Å². The Balaban J connectivity index is 2.07. The van der Waals surface area contributed by atoms with Crippen LogP contribution >= 0.6 is 0 Å². The highest BCUT2D eigenvalue weighted by Gasteiger charge is 2.42. The van der Waals surface area contributed by atoms with E-state index >= 15 is 0 Å². The van der Waals surface area contributed by atoms with Crippen LogP contribution in [0.25, 0.3) is 0 Å². The van der Waals surface area contributed by atoms with Crippen molar-refractivity contribution in [2.75, 3.05) is 13.1 Å². The zero-order chi connectivity index (χ0) is 7.19. The number of halogens is 1. The molecule has 0 aliphatic carbocycles. The van der Waals surface area contributed by atoms with Crippen molar-refractivity contribution in [3.8, 4) is 0 Å². The zero-order valence-electron chi connectivity index (χ0n) is 6.44. The Morgan fingerprint density at radius 3 is 3.10 bits per heavy atom. The van der Waals surface area contributed by atoms with Crippen LogP contribution in [0.4, 0.5) is 4.39 Å². The molecule has 0 aromatic rings. The predicted octanol–water partition coefficient (Wildman–Crippen LogP) is 1.58. The molecule has 0 amide bonds. The molecule has 0 spiro atoms. The second-order valence-corrected chi connectivity index (χ2v) is 3.88. The first-order valence-corrected chi connectivity index (χ1v) is 4.10. The van der Waals surface area contributed by atoms with Gasteiger partial charge in [0.2, 0.25) is 0 Å². The minimum atomic E-state index is -0.884. The van der Waals surface area contributed by atoms with E-state index in [0.29, 0.717) is 12.6 Å². The summed E-state index contributed by atoms with van der Waals surface area (Å²) in [7, 11) is 0. The summed E-state index contributed by atoms with van der Waals surface area (Å²) in [5.74, 6) is 0. The maximum atomic E-state index is 13.3. The van der Waals surface area contributed by atoms with Crippen molar-refractivity contribution < 1.29 is 4.39 Å². The van der Waals surface area contributed by atoms with Gasteiger partial charge in [0.05, 0.1) is 0 Å². The lowest BCUT2D eigenvalue weighted by atomic mass is 10.0. The van der Waals surface area contributed by atoms with Crippen molar-refractivity contribution in [1.82, 2.24) is 4.90 Å². The quantitative estimate of drug-likeness (QED) is 0.497. The Morgan fingerprint density at radius 1 is 1.60 bits per heavy atom. The van der Waals surface area contributed by atoms with Crippen molar-refractivity contribution in [2.45, 2.75) is 37.9 Å². The van der Waals surface area contributed by atoms with Crippen LogP contribution in [0, 0.1) is 0 Å². The van der Waals surface area contributed by atoms with Gasteiger partial charge in [-0.3, -0.25) is 4.90 Å². The average molecular weight is 143 g/mol. The van der Waals surface area contributed by atoms with Gasteiger partial charge in [-0.2, -0.15) is 0 Å². The molecule has 2 rings (SSSR count). The second kappa shape index (κ2) is 1.94. The Hall–Kier alpha value is -0.110. The van der Waals surface area contributed by atoms with Crippen molar-refractivity contribution >= 4 is 0 Å². The standard InChI is InChI=1S/C8H14FN/c1-8(9)5-7-3-2-4-10(7)6-8/h7H,2-6H2,1H3. The highest BCUT2D eigenvalue weighted by atomic mass is 19.1. The molecule has 2 atom stereocenters. The SMILES string of the molecule is CC1(F)CC2CCCN2C1. The Morgan fingerprint density at radius 2 is 2.40 bits per heavy atom. The summed E-state index contributed by atoms with van der Waals surface area (Å²) in [4.78, 5) is 2.29. The van der Waals surface area contributed by atoms with Gasteiger partial charge in [0.15, 0.2) is 0 Å². The molecular formula is C8H14FN. The topological polar surface area (TPSA) is 3.24 Å². The second-order valence-electron chi connectivity index (χ2n) is 3.88. The Kier molecular flexibility index (Phi) is 1.28. The molecule has 2 saturated heterocycles. The molecule has 2 unspecified atom stereocenters. The molecule has 0 aromatic carbocycles. The molecule has 2 aliphatic rings. The highest BCUT2D eigenvalue weighted by Crippen LogP contribution is 2.35. The summed E-state index contributed by atoms with van der Waals surface area (Å²) in [6, 6.07) is 0.579. The van der Waals surface area contributed by atoms with Gasteiger partial charge >= 0.3 is 0 Å². The number of alkyl halides is 1. The summed E-state index contributed by atoms with van der Waals surface area (Å²) in [6.45, 7) is 3.53. The van der Waals surface area contributed by atoms with Crippen LogP contribution in [0.3, 0.4) is 0 Å². The predicted molar refractivity (Wildman–Crippen MR) is 38.7 cm³/mol. The van der Waals surface area contributed by atoms with Crippen molar-refractivity contribution in [3.63, 3.8) is 0 Å². The van der Waals surface area contributed by atoms with E-state index in [4.69, 9.17) is 0 Å². The first-order chi connectivity index (χ1) is 4.67. The van der Waals surface area contributed by atoms with E-state index in [9.17, 15) is 4.39 Å². The van der Waals surface area contributed by atoms with E-state index in [-0.39, 0.29) is 0 Å². The molecule has 2 fully saturated rings. The monoisotopic (exact) mass is 143 g/mol. The third-order valence-electron chi connectivity index (χ3n) is 2.69. The molecule has 2 heteroatoms. The number of hydrogen-bond donors (Lipinski definition) is 0. The van der Waals surface area contributed by atoms with Crippen molar-refractivity contribution in [3.05, 3.63) is 0 Å². The van der Waals surface area contributed by atoms with Crippen LogP contribution in [0.2, 0.25) is 0 Å². The minimum absolute atomic E-state index is 0.579. The fraction of sp³-hybridized carbons (Fsp3) is 1.00. The van der Waals surface area contributed by atoms with E-state index in [1.807, 2.05) is 0 Å². The number of rotatable bonds is 0. The molecule has 2 heterocycles. The normalized spacial score (nSPS) is 48.0. The summed E-state index contributed by atoms with van der Waals surface area (Å²) >= 11 is 0. The third-order valence-corrected chi connectivity index (χ3v) is 2.69. The smallest absolute Gasteiger partial charge is 0.122 e. The third kappa shape index (κ3) is 0.947. The lowest BCUT2D eigenvalue weighted by Crippen LogP contribution is -2.26. The molecule has 0 radical (unpaired) electrons. The van der Waals surface area contributed by atoms with Crippen LogP contribution < -0.4 is 0 Å². The maximum Gasteiger partial charge on any atom is 0.122 e. The number of fused-ring (bicyclic) bond motifs is 1. The number of hydrogen-bond acceptors (Lipinski definition) is 1. The maximum absolute atomic E-state index is 13.3. The molecule has 10 heavy (non-hydrogen) atoms. The van der Waals surface area contributed by atoms with E-state index in [0.717, 1.165) is 13.0 Å². The lowest BCUT2D eigenvalue weighted by molar-refractivity contribution is 0.191. The molecule has 58 valence electrons. The van der Waals surface area contributed by atoms with Crippen molar-refractivity contribution in [2.24, 2.45) is 0 Å². The Bertz CT molecular complexity index is 130. The molecule has 0 bridgehead atoms. The molecule has 0 aromatic heterocycles. The van der Waals surface area contributed by atoms with E-state index in [1.165, 1.54) is 12.8 Å². The Labute approximate surface area is 61.2 Å². The average Bonchev–Trinajstić information content (AvgIpc) is 2.20. The lowest BCUT2D eigenvalue weighted by Gasteiger charge is -2.13. The minimum Gasteiger partial charge on any atom is -0.297 e. The molecular weight excluding hydrogens is 129 g/mol. The first-order valence-electron chi connectivity index (χ1n) is 4.10. The van der Waals surface area contributed by atoms with Gasteiger partial charge < -0.3 is 0 Å². The van der Waals surface area contributed by atoms with Crippen LogP contribution in [0.5, 0.6) is 0 Å². The van der Waals surface area contributed by atoms with Crippen molar-refractivity contribution in [1.29, 1.82) is 0 Å².